The SMILES string of the molecule is Cc1cc(C(=O)N2CC[C@H](N(C(=O)c3coc(C)c3)C3CC3)C2)co1. The molecule has 132 valence electrons. The fourth-order valence-corrected chi connectivity index (χ4v) is 3.58. The molecule has 0 bridgehead atoms. The van der Waals surface area contributed by atoms with Crippen molar-refractivity contribution >= 4 is 11.8 Å². The average Bonchev–Trinajstić information content (AvgIpc) is 2.99. The van der Waals surface area contributed by atoms with Gasteiger partial charge in [-0.1, -0.05) is 0 Å². The number of furan rings is 2. The summed E-state index contributed by atoms with van der Waals surface area (Å²) in [4.78, 5) is 29.3. The molecule has 25 heavy (non-hydrogen) atoms. The maximum Gasteiger partial charge on any atom is 0.257 e. The third kappa shape index (κ3) is 3.08. The Morgan fingerprint density at radius 3 is 2.20 bits per heavy atom. The summed E-state index contributed by atoms with van der Waals surface area (Å²) < 4.78 is 10.5. The van der Waals surface area contributed by atoms with Gasteiger partial charge in [0.2, 0.25) is 0 Å². The van der Waals surface area contributed by atoms with E-state index in [1.54, 1.807) is 12.1 Å². The van der Waals surface area contributed by atoms with Gasteiger partial charge in [0.05, 0.1) is 17.2 Å². The van der Waals surface area contributed by atoms with Gasteiger partial charge in [-0.05, 0) is 45.2 Å². The van der Waals surface area contributed by atoms with Crippen LogP contribution in [0, 0.1) is 13.8 Å². The molecule has 3 heterocycles. The van der Waals surface area contributed by atoms with Crippen LogP contribution in [0.15, 0.2) is 33.5 Å². The lowest BCUT2D eigenvalue weighted by Gasteiger charge is -2.29. The van der Waals surface area contributed by atoms with Crippen molar-refractivity contribution in [3.8, 4) is 0 Å². The van der Waals surface area contributed by atoms with Crippen molar-refractivity contribution in [3.05, 3.63) is 47.3 Å². The molecule has 1 saturated carbocycles. The number of nitrogens with zero attached hydrogens (tertiary/aromatic N) is 2. The van der Waals surface area contributed by atoms with Crippen LogP contribution in [0.2, 0.25) is 0 Å². The van der Waals surface area contributed by atoms with E-state index < -0.39 is 0 Å². The summed E-state index contributed by atoms with van der Waals surface area (Å²) in [7, 11) is 0. The minimum Gasteiger partial charge on any atom is -0.469 e. The van der Waals surface area contributed by atoms with E-state index in [0.29, 0.717) is 30.3 Å². The molecule has 1 aliphatic heterocycles. The van der Waals surface area contributed by atoms with E-state index in [0.717, 1.165) is 30.8 Å². The molecule has 0 radical (unpaired) electrons. The van der Waals surface area contributed by atoms with E-state index in [1.807, 2.05) is 23.6 Å². The molecule has 0 unspecified atom stereocenters. The van der Waals surface area contributed by atoms with E-state index in [2.05, 4.69) is 0 Å². The Labute approximate surface area is 146 Å². The summed E-state index contributed by atoms with van der Waals surface area (Å²) in [5.74, 6) is 1.45. The molecule has 0 spiro atoms. The monoisotopic (exact) mass is 342 g/mol. The number of amides is 2. The highest BCUT2D eigenvalue weighted by Gasteiger charge is 2.41. The summed E-state index contributed by atoms with van der Waals surface area (Å²) in [5.41, 5.74) is 1.17. The van der Waals surface area contributed by atoms with E-state index in [9.17, 15) is 9.59 Å². The van der Waals surface area contributed by atoms with Gasteiger partial charge in [0.15, 0.2) is 0 Å². The quantitative estimate of drug-likeness (QED) is 0.857. The summed E-state index contributed by atoms with van der Waals surface area (Å²) in [5, 5.41) is 0. The van der Waals surface area contributed by atoms with Crippen molar-refractivity contribution in [3.63, 3.8) is 0 Å². The molecule has 1 atom stereocenters. The van der Waals surface area contributed by atoms with Crippen LogP contribution < -0.4 is 0 Å². The van der Waals surface area contributed by atoms with Crippen LogP contribution in [0.4, 0.5) is 0 Å². The largest absolute Gasteiger partial charge is 0.469 e. The zero-order valence-corrected chi connectivity index (χ0v) is 14.5. The highest BCUT2D eigenvalue weighted by atomic mass is 16.3. The first-order valence-electron chi connectivity index (χ1n) is 8.75. The number of hydrogen-bond acceptors (Lipinski definition) is 4. The zero-order valence-electron chi connectivity index (χ0n) is 14.5. The Bertz CT molecular complexity index is 802. The summed E-state index contributed by atoms with van der Waals surface area (Å²) >= 11 is 0. The van der Waals surface area contributed by atoms with Crippen molar-refractivity contribution in [2.75, 3.05) is 13.1 Å². The highest BCUT2D eigenvalue weighted by molar-refractivity contribution is 5.96. The lowest BCUT2D eigenvalue weighted by atomic mass is 10.1. The lowest BCUT2D eigenvalue weighted by molar-refractivity contribution is 0.0640. The number of likely N-dealkylation sites (tertiary alicyclic amines) is 1. The molecule has 0 N–H and O–H groups in total. The van der Waals surface area contributed by atoms with Crippen LogP contribution in [0.3, 0.4) is 0 Å². The summed E-state index contributed by atoms with van der Waals surface area (Å²) in [6.45, 7) is 4.89. The van der Waals surface area contributed by atoms with Crippen LogP contribution in [-0.2, 0) is 0 Å². The third-order valence-corrected chi connectivity index (χ3v) is 4.97. The first-order chi connectivity index (χ1) is 12.0. The normalized spacial score (nSPS) is 20.1. The first-order valence-corrected chi connectivity index (χ1v) is 8.75. The average molecular weight is 342 g/mol. The molecular formula is C19H22N2O4. The number of hydrogen-bond donors (Lipinski definition) is 0. The molecule has 4 rings (SSSR count). The van der Waals surface area contributed by atoms with Gasteiger partial charge in [0.1, 0.15) is 24.0 Å². The number of aryl methyl sites for hydroxylation is 2. The second kappa shape index (κ2) is 6.10. The van der Waals surface area contributed by atoms with Crippen molar-refractivity contribution in [2.24, 2.45) is 0 Å². The standard InChI is InChI=1S/C19H22N2O4/c1-12-7-14(10-24-12)18(22)20-6-5-17(9-20)21(16-3-4-16)19(23)15-8-13(2)25-11-15/h7-8,10-11,16-17H,3-6,9H2,1-2H3/t17-/m0/s1. The van der Waals surface area contributed by atoms with Crippen molar-refractivity contribution in [1.29, 1.82) is 0 Å². The Balaban J connectivity index is 1.48. The van der Waals surface area contributed by atoms with Crippen molar-refractivity contribution in [1.82, 2.24) is 9.80 Å². The maximum atomic E-state index is 12.9. The number of rotatable bonds is 4. The molecule has 6 heteroatoms. The van der Waals surface area contributed by atoms with Crippen molar-refractivity contribution < 1.29 is 18.4 Å². The van der Waals surface area contributed by atoms with Gasteiger partial charge >= 0.3 is 0 Å². The second-order valence-corrected chi connectivity index (χ2v) is 7.03. The molecule has 2 aromatic heterocycles. The topological polar surface area (TPSA) is 66.9 Å². The lowest BCUT2D eigenvalue weighted by Crippen LogP contribution is -2.44. The summed E-state index contributed by atoms with van der Waals surface area (Å²) in [6.07, 6.45) is 5.91. The fraction of sp³-hybridized carbons (Fsp3) is 0.474. The van der Waals surface area contributed by atoms with Gasteiger partial charge in [-0.25, -0.2) is 0 Å². The predicted octanol–water partition coefficient (Wildman–Crippen LogP) is 3.01. The molecule has 1 aliphatic carbocycles. The van der Waals surface area contributed by atoms with E-state index in [4.69, 9.17) is 8.83 Å². The van der Waals surface area contributed by atoms with Crippen LogP contribution in [0.25, 0.3) is 0 Å². The minimum absolute atomic E-state index is 0.0119. The molecule has 2 fully saturated rings. The molecule has 2 aliphatic rings. The first kappa shape index (κ1) is 16.0. The summed E-state index contributed by atoms with van der Waals surface area (Å²) in [6, 6.07) is 3.89. The number of carbonyl (C=O) groups is 2. The van der Waals surface area contributed by atoms with Gasteiger partial charge in [-0.2, -0.15) is 0 Å². The second-order valence-electron chi connectivity index (χ2n) is 7.03. The third-order valence-electron chi connectivity index (χ3n) is 4.97. The Morgan fingerprint density at radius 2 is 1.64 bits per heavy atom. The minimum atomic E-state index is -0.0262. The molecule has 2 amide bonds. The Kier molecular flexibility index (Phi) is 3.90. The van der Waals surface area contributed by atoms with E-state index >= 15 is 0 Å². The van der Waals surface area contributed by atoms with Crippen LogP contribution >= 0.6 is 0 Å². The molecule has 0 aromatic carbocycles. The molecule has 6 nitrogen and oxygen atoms in total. The van der Waals surface area contributed by atoms with Gasteiger partial charge in [-0.15, -0.1) is 0 Å². The van der Waals surface area contributed by atoms with E-state index in [-0.39, 0.29) is 17.9 Å². The van der Waals surface area contributed by atoms with Crippen LogP contribution in [0.1, 0.15) is 51.5 Å². The molecule has 1 saturated heterocycles. The van der Waals surface area contributed by atoms with Gasteiger partial charge < -0.3 is 18.6 Å². The highest BCUT2D eigenvalue weighted by Crippen LogP contribution is 2.33. The van der Waals surface area contributed by atoms with Gasteiger partial charge in [0, 0.05) is 19.1 Å². The maximum absolute atomic E-state index is 12.9. The fourth-order valence-electron chi connectivity index (χ4n) is 3.58. The predicted molar refractivity (Wildman–Crippen MR) is 90.4 cm³/mol. The van der Waals surface area contributed by atoms with Gasteiger partial charge in [0.25, 0.3) is 11.8 Å². The van der Waals surface area contributed by atoms with Crippen molar-refractivity contribution in [2.45, 2.75) is 45.2 Å². The van der Waals surface area contributed by atoms with E-state index in [1.165, 1.54) is 12.5 Å². The van der Waals surface area contributed by atoms with Crippen LogP contribution in [-0.4, -0.2) is 46.8 Å². The molecule has 2 aromatic rings. The Hall–Kier alpha value is -2.50. The smallest absolute Gasteiger partial charge is 0.257 e. The number of carbonyl (C=O) groups excluding carboxylic acids is 2. The molecular weight excluding hydrogens is 320 g/mol. The van der Waals surface area contributed by atoms with Gasteiger partial charge in [-0.3, -0.25) is 9.59 Å². The zero-order chi connectivity index (χ0) is 17.6. The Morgan fingerprint density at radius 1 is 1.00 bits per heavy atom. The van der Waals surface area contributed by atoms with Crippen LogP contribution in [0.5, 0.6) is 0 Å².